The van der Waals surface area contributed by atoms with Gasteiger partial charge < -0.3 is 15.2 Å². The molecule has 5 nitrogen and oxygen atoms in total. The highest BCUT2D eigenvalue weighted by molar-refractivity contribution is 6.00. The van der Waals surface area contributed by atoms with Gasteiger partial charge in [-0.05, 0) is 24.3 Å². The van der Waals surface area contributed by atoms with Crippen LogP contribution in [0.2, 0.25) is 0 Å². The Morgan fingerprint density at radius 2 is 1.83 bits per heavy atom. The summed E-state index contributed by atoms with van der Waals surface area (Å²) in [6, 6.07) is 5.74. The molecule has 0 aromatic heterocycles. The van der Waals surface area contributed by atoms with Gasteiger partial charge in [0.05, 0.1) is 7.11 Å². The Morgan fingerprint density at radius 3 is 2.28 bits per heavy atom. The van der Waals surface area contributed by atoms with Crippen molar-refractivity contribution in [3.05, 3.63) is 29.8 Å². The van der Waals surface area contributed by atoms with Crippen molar-refractivity contribution in [2.24, 2.45) is 5.73 Å². The zero-order chi connectivity index (χ0) is 12.8. The maximum atomic E-state index is 11.8. The lowest BCUT2D eigenvalue weighted by Crippen LogP contribution is -2.35. The third-order valence-electron chi connectivity index (χ3n) is 2.18. The fraction of sp³-hybridized carbons (Fsp3) is 0.333. The molecule has 1 aromatic carbocycles. The Hall–Kier alpha value is -1.59. The molecule has 0 bridgehead atoms. The van der Waals surface area contributed by atoms with E-state index in [1.165, 1.54) is 6.92 Å². The number of ether oxygens (including phenoxy) is 2. The van der Waals surface area contributed by atoms with Gasteiger partial charge in [-0.15, -0.1) is 12.4 Å². The molecule has 0 saturated carbocycles. The van der Waals surface area contributed by atoms with Crippen LogP contribution in [0.4, 0.5) is 0 Å². The van der Waals surface area contributed by atoms with Crippen molar-refractivity contribution < 1.29 is 19.1 Å². The van der Waals surface area contributed by atoms with Crippen LogP contribution in [0.25, 0.3) is 0 Å². The molecule has 0 unspecified atom stereocenters. The number of methoxy groups -OCH3 is 1. The SMILES string of the molecule is COc1ccc(C(=O)[C@H](N)COC(C)=O)cc1.Cl. The Morgan fingerprint density at radius 1 is 1.28 bits per heavy atom. The lowest BCUT2D eigenvalue weighted by atomic mass is 10.1. The predicted molar refractivity (Wildman–Crippen MR) is 69.2 cm³/mol. The summed E-state index contributed by atoms with van der Waals surface area (Å²) < 4.78 is 9.66. The molecule has 1 atom stereocenters. The maximum Gasteiger partial charge on any atom is 0.302 e. The van der Waals surface area contributed by atoms with E-state index in [4.69, 9.17) is 10.5 Å². The number of carbonyl (C=O) groups is 2. The fourth-order valence-electron chi connectivity index (χ4n) is 1.25. The summed E-state index contributed by atoms with van der Waals surface area (Å²) in [5.74, 6) is -0.0630. The van der Waals surface area contributed by atoms with Gasteiger partial charge in [-0.2, -0.15) is 0 Å². The van der Waals surface area contributed by atoms with Crippen molar-refractivity contribution >= 4 is 24.2 Å². The summed E-state index contributed by atoms with van der Waals surface area (Å²) in [5, 5.41) is 0. The van der Waals surface area contributed by atoms with Gasteiger partial charge in [-0.3, -0.25) is 9.59 Å². The second-order valence-electron chi connectivity index (χ2n) is 3.50. The van der Waals surface area contributed by atoms with Gasteiger partial charge >= 0.3 is 5.97 Å². The van der Waals surface area contributed by atoms with Crippen LogP contribution in [0.15, 0.2) is 24.3 Å². The van der Waals surface area contributed by atoms with Crippen molar-refractivity contribution in [3.8, 4) is 5.75 Å². The van der Waals surface area contributed by atoms with Gasteiger partial charge in [-0.1, -0.05) is 0 Å². The minimum Gasteiger partial charge on any atom is -0.497 e. The van der Waals surface area contributed by atoms with Crippen LogP contribution < -0.4 is 10.5 Å². The van der Waals surface area contributed by atoms with E-state index in [0.29, 0.717) is 11.3 Å². The van der Waals surface area contributed by atoms with Crippen LogP contribution in [0.5, 0.6) is 5.75 Å². The van der Waals surface area contributed by atoms with Crippen molar-refractivity contribution in [1.29, 1.82) is 0 Å². The van der Waals surface area contributed by atoms with Crippen LogP contribution in [0.3, 0.4) is 0 Å². The summed E-state index contributed by atoms with van der Waals surface area (Å²) in [5.41, 5.74) is 6.07. The van der Waals surface area contributed by atoms with E-state index in [2.05, 4.69) is 4.74 Å². The molecular weight excluding hydrogens is 258 g/mol. The number of Topliss-reactive ketones (excluding diaryl/α,β-unsaturated/α-hetero) is 1. The lowest BCUT2D eigenvalue weighted by molar-refractivity contribution is -0.141. The Kier molecular flexibility index (Phi) is 7.00. The van der Waals surface area contributed by atoms with Gasteiger partial charge in [0.2, 0.25) is 0 Å². The molecule has 0 fully saturated rings. The van der Waals surface area contributed by atoms with E-state index < -0.39 is 12.0 Å². The second kappa shape index (κ2) is 7.68. The topological polar surface area (TPSA) is 78.6 Å². The van der Waals surface area contributed by atoms with Gasteiger partial charge in [-0.25, -0.2) is 0 Å². The molecule has 0 radical (unpaired) electrons. The average molecular weight is 274 g/mol. The van der Waals surface area contributed by atoms with E-state index in [1.54, 1.807) is 31.4 Å². The summed E-state index contributed by atoms with van der Waals surface area (Å²) >= 11 is 0. The molecule has 0 aliphatic rings. The zero-order valence-corrected chi connectivity index (χ0v) is 11.0. The molecule has 0 aliphatic carbocycles. The molecule has 0 aliphatic heterocycles. The number of carbonyl (C=O) groups excluding carboxylic acids is 2. The van der Waals surface area contributed by atoms with Crippen molar-refractivity contribution in [2.45, 2.75) is 13.0 Å². The molecule has 18 heavy (non-hydrogen) atoms. The van der Waals surface area contributed by atoms with Crippen LogP contribution in [0.1, 0.15) is 17.3 Å². The number of hydrogen-bond acceptors (Lipinski definition) is 5. The van der Waals surface area contributed by atoms with E-state index in [1.807, 2.05) is 0 Å². The van der Waals surface area contributed by atoms with Crippen molar-refractivity contribution in [1.82, 2.24) is 0 Å². The smallest absolute Gasteiger partial charge is 0.302 e. The highest BCUT2D eigenvalue weighted by Gasteiger charge is 2.16. The summed E-state index contributed by atoms with van der Waals surface area (Å²) in [6.45, 7) is 1.16. The highest BCUT2D eigenvalue weighted by Crippen LogP contribution is 2.12. The molecule has 2 N–H and O–H groups in total. The van der Waals surface area contributed by atoms with Crippen LogP contribution in [-0.2, 0) is 9.53 Å². The molecular formula is C12H16ClNO4. The number of esters is 1. The monoisotopic (exact) mass is 273 g/mol. The number of rotatable bonds is 5. The van der Waals surface area contributed by atoms with Crippen LogP contribution in [0, 0.1) is 0 Å². The third-order valence-corrected chi connectivity index (χ3v) is 2.18. The molecule has 0 spiro atoms. The number of halogens is 1. The molecule has 0 heterocycles. The normalized spacial score (nSPS) is 11.1. The van der Waals surface area contributed by atoms with Crippen molar-refractivity contribution in [2.75, 3.05) is 13.7 Å². The van der Waals surface area contributed by atoms with Gasteiger partial charge in [0, 0.05) is 12.5 Å². The largest absolute Gasteiger partial charge is 0.497 e. The molecule has 1 rings (SSSR count). The third kappa shape index (κ3) is 4.73. The standard InChI is InChI=1S/C12H15NO4.ClH/c1-8(14)17-7-11(13)12(15)9-3-5-10(16-2)6-4-9;/h3-6,11H,7,13H2,1-2H3;1H/t11-;/m1./s1. The van der Waals surface area contributed by atoms with Crippen LogP contribution in [-0.4, -0.2) is 31.5 Å². The van der Waals surface area contributed by atoms with Gasteiger partial charge in [0.25, 0.3) is 0 Å². The number of benzene rings is 1. The minimum atomic E-state index is -0.840. The first-order valence-corrected chi connectivity index (χ1v) is 5.12. The summed E-state index contributed by atoms with van der Waals surface area (Å²) in [6.07, 6.45) is 0. The first kappa shape index (κ1) is 16.4. The Labute approximate surface area is 112 Å². The molecule has 0 saturated heterocycles. The van der Waals surface area contributed by atoms with Gasteiger partial charge in [0.15, 0.2) is 5.78 Å². The zero-order valence-electron chi connectivity index (χ0n) is 10.2. The molecule has 100 valence electrons. The number of nitrogens with two attached hydrogens (primary N) is 1. The molecule has 6 heteroatoms. The van der Waals surface area contributed by atoms with Crippen molar-refractivity contribution in [3.63, 3.8) is 0 Å². The highest BCUT2D eigenvalue weighted by atomic mass is 35.5. The number of ketones is 1. The average Bonchev–Trinajstić information content (AvgIpc) is 2.35. The first-order chi connectivity index (χ1) is 8.04. The molecule has 1 aromatic rings. The quantitative estimate of drug-likeness (QED) is 0.644. The number of hydrogen-bond donors (Lipinski definition) is 1. The molecule has 0 amide bonds. The fourth-order valence-corrected chi connectivity index (χ4v) is 1.25. The second-order valence-corrected chi connectivity index (χ2v) is 3.50. The first-order valence-electron chi connectivity index (χ1n) is 5.12. The lowest BCUT2D eigenvalue weighted by Gasteiger charge is -2.10. The van der Waals surface area contributed by atoms with E-state index in [-0.39, 0.29) is 24.8 Å². The Balaban J connectivity index is 0.00000289. The minimum absolute atomic E-state index is 0. The van der Waals surface area contributed by atoms with E-state index >= 15 is 0 Å². The summed E-state index contributed by atoms with van der Waals surface area (Å²) in [7, 11) is 1.54. The Bertz CT molecular complexity index is 405. The van der Waals surface area contributed by atoms with E-state index in [9.17, 15) is 9.59 Å². The van der Waals surface area contributed by atoms with E-state index in [0.717, 1.165) is 0 Å². The predicted octanol–water partition coefficient (Wildman–Crippen LogP) is 1.19. The van der Waals surface area contributed by atoms with Crippen LogP contribution >= 0.6 is 12.4 Å². The van der Waals surface area contributed by atoms with Gasteiger partial charge in [0.1, 0.15) is 18.4 Å². The summed E-state index contributed by atoms with van der Waals surface area (Å²) in [4.78, 5) is 22.4. The maximum absolute atomic E-state index is 11.8.